The molecule has 0 saturated carbocycles. The van der Waals surface area contributed by atoms with E-state index in [0.717, 1.165) is 11.4 Å². The molecule has 3 aromatic rings. The minimum absolute atomic E-state index is 0.224. The highest BCUT2D eigenvalue weighted by atomic mass is 35.5. The van der Waals surface area contributed by atoms with E-state index in [4.69, 9.17) is 25.8 Å². The molecule has 0 radical (unpaired) electrons. The number of benzene rings is 2. The van der Waals surface area contributed by atoms with E-state index in [1.165, 1.54) is 0 Å². The molecular weight excluding hydrogens is 344 g/mol. The number of aromatic amines is 1. The number of ether oxygens (including phenoxy) is 3. The maximum Gasteiger partial charge on any atom is 0.231 e. The van der Waals surface area contributed by atoms with Gasteiger partial charge in [0.25, 0.3) is 0 Å². The molecular formula is C17H15ClN4O3. The zero-order valence-electron chi connectivity index (χ0n) is 13.4. The lowest BCUT2D eigenvalue weighted by Crippen LogP contribution is -2.03. The smallest absolute Gasteiger partial charge is 0.231 e. The van der Waals surface area contributed by atoms with E-state index >= 15 is 0 Å². The standard InChI is InChI=1S/C17H15ClN4O3/c1-10-20-17(22-21-10)19-8-12-13(18)3-2-4-14(12)25-11-5-6-15-16(7-11)24-9-23-15/h2-7H,8-9H2,1H3,(H2,19,20,21,22). The number of anilines is 1. The molecule has 0 aliphatic carbocycles. The quantitative estimate of drug-likeness (QED) is 0.720. The zero-order valence-corrected chi connectivity index (χ0v) is 14.1. The lowest BCUT2D eigenvalue weighted by atomic mass is 10.2. The van der Waals surface area contributed by atoms with Crippen molar-refractivity contribution in [2.24, 2.45) is 0 Å². The van der Waals surface area contributed by atoms with E-state index < -0.39 is 0 Å². The first kappa shape index (κ1) is 15.6. The van der Waals surface area contributed by atoms with Gasteiger partial charge in [-0.3, -0.25) is 0 Å². The third-order valence-corrected chi connectivity index (χ3v) is 4.03. The van der Waals surface area contributed by atoms with Gasteiger partial charge in [0.05, 0.1) is 0 Å². The molecule has 0 atom stereocenters. The van der Waals surface area contributed by atoms with Crippen molar-refractivity contribution in [2.45, 2.75) is 13.5 Å². The summed E-state index contributed by atoms with van der Waals surface area (Å²) in [6.07, 6.45) is 0. The Kier molecular flexibility index (Phi) is 4.07. The first-order valence-corrected chi connectivity index (χ1v) is 8.05. The summed E-state index contributed by atoms with van der Waals surface area (Å²) in [5.74, 6) is 3.97. The highest BCUT2D eigenvalue weighted by Gasteiger charge is 2.15. The van der Waals surface area contributed by atoms with Crippen molar-refractivity contribution in [1.29, 1.82) is 0 Å². The molecule has 7 nitrogen and oxygen atoms in total. The third kappa shape index (κ3) is 3.32. The summed E-state index contributed by atoms with van der Waals surface area (Å²) in [6, 6.07) is 11.0. The summed E-state index contributed by atoms with van der Waals surface area (Å²) >= 11 is 6.35. The van der Waals surface area contributed by atoms with Gasteiger partial charge in [0.15, 0.2) is 11.5 Å². The van der Waals surface area contributed by atoms with Gasteiger partial charge in [0, 0.05) is 23.2 Å². The van der Waals surface area contributed by atoms with Crippen LogP contribution in [0.3, 0.4) is 0 Å². The number of hydrogen-bond acceptors (Lipinski definition) is 6. The van der Waals surface area contributed by atoms with Crippen LogP contribution in [0.25, 0.3) is 0 Å². The first-order chi connectivity index (χ1) is 12.2. The van der Waals surface area contributed by atoms with Gasteiger partial charge in [0.1, 0.15) is 17.3 Å². The number of nitrogens with one attached hydrogen (secondary N) is 2. The summed E-state index contributed by atoms with van der Waals surface area (Å²) < 4.78 is 16.7. The van der Waals surface area contributed by atoms with Crippen molar-refractivity contribution >= 4 is 17.5 Å². The van der Waals surface area contributed by atoms with Gasteiger partial charge in [-0.05, 0) is 31.2 Å². The number of H-pyrrole nitrogens is 1. The van der Waals surface area contributed by atoms with Crippen molar-refractivity contribution in [2.75, 3.05) is 12.1 Å². The van der Waals surface area contributed by atoms with E-state index in [9.17, 15) is 0 Å². The SMILES string of the molecule is Cc1nnc(NCc2c(Cl)cccc2Oc2ccc3c(c2)OCO3)[nH]1. The first-order valence-electron chi connectivity index (χ1n) is 7.67. The maximum absolute atomic E-state index is 6.35. The van der Waals surface area contributed by atoms with Gasteiger partial charge in [0.2, 0.25) is 12.7 Å². The minimum Gasteiger partial charge on any atom is -0.457 e. The van der Waals surface area contributed by atoms with Crippen LogP contribution in [0.4, 0.5) is 5.95 Å². The second-order valence-corrected chi connectivity index (χ2v) is 5.85. The summed E-state index contributed by atoms with van der Waals surface area (Å²) in [5.41, 5.74) is 0.816. The molecule has 128 valence electrons. The Morgan fingerprint density at radius 1 is 1.20 bits per heavy atom. The van der Waals surface area contributed by atoms with E-state index in [1.54, 1.807) is 6.07 Å². The topological polar surface area (TPSA) is 81.3 Å². The number of nitrogens with zero attached hydrogens (tertiary/aromatic N) is 2. The highest BCUT2D eigenvalue weighted by molar-refractivity contribution is 6.31. The zero-order chi connectivity index (χ0) is 17.2. The number of aromatic nitrogens is 3. The Morgan fingerprint density at radius 3 is 2.92 bits per heavy atom. The molecule has 1 aliphatic rings. The molecule has 2 N–H and O–H groups in total. The molecule has 0 bridgehead atoms. The molecule has 4 rings (SSSR count). The van der Waals surface area contributed by atoms with Crippen LogP contribution in [-0.4, -0.2) is 22.0 Å². The molecule has 2 heterocycles. The van der Waals surface area contributed by atoms with Crippen LogP contribution in [-0.2, 0) is 6.54 Å². The van der Waals surface area contributed by atoms with Crippen LogP contribution in [0, 0.1) is 6.92 Å². The van der Waals surface area contributed by atoms with Crippen LogP contribution in [0.1, 0.15) is 11.4 Å². The molecule has 0 spiro atoms. The molecule has 0 amide bonds. The Balaban J connectivity index is 1.56. The molecule has 0 saturated heterocycles. The van der Waals surface area contributed by atoms with Crippen molar-refractivity contribution in [3.05, 3.63) is 52.8 Å². The predicted octanol–water partition coefficient (Wildman–Crippen LogP) is 3.90. The van der Waals surface area contributed by atoms with E-state index in [0.29, 0.717) is 40.5 Å². The Bertz CT molecular complexity index is 913. The molecule has 8 heteroatoms. The van der Waals surface area contributed by atoms with Crippen LogP contribution >= 0.6 is 11.6 Å². The summed E-state index contributed by atoms with van der Waals surface area (Å²) in [7, 11) is 0. The number of hydrogen-bond donors (Lipinski definition) is 2. The fourth-order valence-corrected chi connectivity index (χ4v) is 2.70. The number of halogens is 1. The van der Waals surface area contributed by atoms with Crippen molar-refractivity contribution in [3.63, 3.8) is 0 Å². The summed E-state index contributed by atoms with van der Waals surface area (Å²) in [5, 5.41) is 11.7. The lowest BCUT2D eigenvalue weighted by Gasteiger charge is -2.13. The van der Waals surface area contributed by atoms with Gasteiger partial charge in [-0.15, -0.1) is 10.2 Å². The molecule has 0 unspecified atom stereocenters. The molecule has 1 aromatic heterocycles. The van der Waals surface area contributed by atoms with Crippen LogP contribution in [0.2, 0.25) is 5.02 Å². The lowest BCUT2D eigenvalue weighted by molar-refractivity contribution is 0.174. The maximum atomic E-state index is 6.35. The normalized spacial score (nSPS) is 12.2. The van der Waals surface area contributed by atoms with E-state index in [2.05, 4.69) is 20.5 Å². The molecule has 2 aromatic carbocycles. The van der Waals surface area contributed by atoms with Crippen LogP contribution in [0.5, 0.6) is 23.0 Å². The monoisotopic (exact) mass is 358 g/mol. The van der Waals surface area contributed by atoms with E-state index in [-0.39, 0.29) is 6.79 Å². The van der Waals surface area contributed by atoms with Gasteiger partial charge < -0.3 is 24.5 Å². The second-order valence-electron chi connectivity index (χ2n) is 5.45. The van der Waals surface area contributed by atoms with E-state index in [1.807, 2.05) is 37.3 Å². The Hall–Kier alpha value is -2.93. The highest BCUT2D eigenvalue weighted by Crippen LogP contribution is 2.38. The average Bonchev–Trinajstić information content (AvgIpc) is 3.22. The molecule has 1 aliphatic heterocycles. The Labute approximate surface area is 148 Å². The van der Waals surface area contributed by atoms with Gasteiger partial charge in [-0.25, -0.2) is 0 Å². The summed E-state index contributed by atoms with van der Waals surface area (Å²) in [6.45, 7) is 2.50. The number of aryl methyl sites for hydroxylation is 1. The second kappa shape index (κ2) is 6.52. The number of fused-ring (bicyclic) bond motifs is 1. The molecule has 0 fully saturated rings. The Morgan fingerprint density at radius 2 is 2.08 bits per heavy atom. The minimum atomic E-state index is 0.224. The largest absolute Gasteiger partial charge is 0.457 e. The average molecular weight is 359 g/mol. The van der Waals surface area contributed by atoms with Gasteiger partial charge in [-0.2, -0.15) is 0 Å². The summed E-state index contributed by atoms with van der Waals surface area (Å²) in [4.78, 5) is 3.02. The third-order valence-electron chi connectivity index (χ3n) is 3.68. The van der Waals surface area contributed by atoms with Crippen LogP contribution in [0.15, 0.2) is 36.4 Å². The van der Waals surface area contributed by atoms with Crippen molar-refractivity contribution in [1.82, 2.24) is 15.2 Å². The van der Waals surface area contributed by atoms with Crippen molar-refractivity contribution in [3.8, 4) is 23.0 Å². The van der Waals surface area contributed by atoms with Crippen molar-refractivity contribution < 1.29 is 14.2 Å². The van der Waals surface area contributed by atoms with Crippen LogP contribution < -0.4 is 19.5 Å². The predicted molar refractivity (Wildman–Crippen MR) is 92.5 cm³/mol. The fourth-order valence-electron chi connectivity index (χ4n) is 2.47. The van der Waals surface area contributed by atoms with Gasteiger partial charge in [-0.1, -0.05) is 17.7 Å². The number of rotatable bonds is 5. The molecule has 25 heavy (non-hydrogen) atoms. The fraction of sp³-hybridized carbons (Fsp3) is 0.176. The van der Waals surface area contributed by atoms with Gasteiger partial charge >= 0.3 is 0 Å².